The van der Waals surface area contributed by atoms with Gasteiger partial charge in [-0.1, -0.05) is 49.4 Å². The fourth-order valence-electron chi connectivity index (χ4n) is 3.83. The third-order valence-corrected chi connectivity index (χ3v) is 7.47. The number of rotatable bonds is 5. The summed E-state index contributed by atoms with van der Waals surface area (Å²) in [6.45, 7) is 4.22. The highest BCUT2D eigenvalue weighted by Gasteiger charge is 2.40. The third-order valence-electron chi connectivity index (χ3n) is 5.55. The molecule has 138 valence electrons. The van der Waals surface area contributed by atoms with Gasteiger partial charge in [-0.25, -0.2) is 8.42 Å². The molecular formula is C21H26N2O2S. The molecular weight excluding hydrogens is 344 g/mol. The number of aryl methyl sites for hydroxylation is 1. The van der Waals surface area contributed by atoms with E-state index in [-0.39, 0.29) is 6.04 Å². The SMILES string of the molecule is CCc1ccc(S(=O)(=O)N2CCN(C3CC3)C[C@@H]2c2ccccc2)cc1. The molecule has 0 bridgehead atoms. The van der Waals surface area contributed by atoms with Gasteiger partial charge in [-0.2, -0.15) is 4.31 Å². The van der Waals surface area contributed by atoms with E-state index in [4.69, 9.17) is 0 Å². The van der Waals surface area contributed by atoms with Crippen molar-refractivity contribution in [1.82, 2.24) is 9.21 Å². The van der Waals surface area contributed by atoms with Gasteiger partial charge in [0.2, 0.25) is 10.0 Å². The van der Waals surface area contributed by atoms with Crippen molar-refractivity contribution in [3.05, 3.63) is 65.7 Å². The molecule has 1 saturated heterocycles. The molecule has 0 unspecified atom stereocenters. The molecule has 2 aromatic rings. The Morgan fingerprint density at radius 1 is 0.962 bits per heavy atom. The van der Waals surface area contributed by atoms with Crippen molar-refractivity contribution in [2.45, 2.75) is 43.2 Å². The molecule has 0 N–H and O–H groups in total. The lowest BCUT2D eigenvalue weighted by Crippen LogP contribution is -2.51. The average molecular weight is 371 g/mol. The molecule has 0 radical (unpaired) electrons. The molecule has 1 aliphatic carbocycles. The van der Waals surface area contributed by atoms with E-state index < -0.39 is 10.0 Å². The first kappa shape index (κ1) is 17.7. The predicted octanol–water partition coefficient (Wildman–Crippen LogP) is 3.46. The van der Waals surface area contributed by atoms with E-state index in [0.717, 1.165) is 30.6 Å². The first-order chi connectivity index (χ1) is 12.6. The van der Waals surface area contributed by atoms with Gasteiger partial charge in [-0.3, -0.25) is 4.90 Å². The summed E-state index contributed by atoms with van der Waals surface area (Å²) in [5.41, 5.74) is 2.23. The molecule has 1 atom stereocenters. The van der Waals surface area contributed by atoms with Crippen molar-refractivity contribution in [3.8, 4) is 0 Å². The molecule has 0 aromatic heterocycles. The van der Waals surface area contributed by atoms with E-state index in [2.05, 4.69) is 11.8 Å². The minimum Gasteiger partial charge on any atom is -0.297 e. The van der Waals surface area contributed by atoms with Crippen molar-refractivity contribution >= 4 is 10.0 Å². The normalized spacial score (nSPS) is 22.4. The van der Waals surface area contributed by atoms with Crippen LogP contribution >= 0.6 is 0 Å². The smallest absolute Gasteiger partial charge is 0.243 e. The topological polar surface area (TPSA) is 40.6 Å². The average Bonchev–Trinajstić information content (AvgIpc) is 3.53. The van der Waals surface area contributed by atoms with Crippen LogP contribution in [0.3, 0.4) is 0 Å². The summed E-state index contributed by atoms with van der Waals surface area (Å²) in [5, 5.41) is 0. The molecule has 4 rings (SSSR count). The second-order valence-corrected chi connectivity index (χ2v) is 9.16. The Morgan fingerprint density at radius 3 is 2.27 bits per heavy atom. The van der Waals surface area contributed by atoms with E-state index in [1.165, 1.54) is 12.8 Å². The first-order valence-corrected chi connectivity index (χ1v) is 10.9. The van der Waals surface area contributed by atoms with Gasteiger partial charge in [-0.15, -0.1) is 0 Å². The lowest BCUT2D eigenvalue weighted by molar-refractivity contribution is 0.129. The number of hydrogen-bond donors (Lipinski definition) is 0. The van der Waals surface area contributed by atoms with Gasteiger partial charge >= 0.3 is 0 Å². The van der Waals surface area contributed by atoms with Crippen molar-refractivity contribution < 1.29 is 8.42 Å². The minimum absolute atomic E-state index is 0.124. The van der Waals surface area contributed by atoms with Crippen LogP contribution in [0, 0.1) is 0 Å². The number of piperazine rings is 1. The van der Waals surface area contributed by atoms with E-state index in [1.54, 1.807) is 16.4 Å². The van der Waals surface area contributed by atoms with Gasteiger partial charge in [0.25, 0.3) is 0 Å². The summed E-state index contributed by atoms with van der Waals surface area (Å²) in [7, 11) is -3.51. The largest absolute Gasteiger partial charge is 0.297 e. The highest BCUT2D eigenvalue weighted by atomic mass is 32.2. The Morgan fingerprint density at radius 2 is 1.65 bits per heavy atom. The summed E-state index contributed by atoms with van der Waals surface area (Å²) in [4.78, 5) is 2.86. The number of sulfonamides is 1. The lowest BCUT2D eigenvalue weighted by atomic mass is 10.0. The Kier molecular flexibility index (Phi) is 4.86. The maximum absolute atomic E-state index is 13.4. The molecule has 1 heterocycles. The standard InChI is InChI=1S/C21H26N2O2S/c1-2-17-8-12-20(13-9-17)26(24,25)23-15-14-22(19-10-11-19)16-21(23)18-6-4-3-5-7-18/h3-9,12-13,19,21H,2,10-11,14-16H2,1H3/t21-/m1/s1. The molecule has 5 heteroatoms. The van der Waals surface area contributed by atoms with Crippen LogP contribution in [0.25, 0.3) is 0 Å². The summed E-state index contributed by atoms with van der Waals surface area (Å²) < 4.78 is 28.5. The zero-order valence-corrected chi connectivity index (χ0v) is 16.0. The van der Waals surface area contributed by atoms with Crippen LogP contribution in [-0.4, -0.2) is 43.3 Å². The Balaban J connectivity index is 1.67. The van der Waals surface area contributed by atoms with Crippen molar-refractivity contribution in [3.63, 3.8) is 0 Å². The van der Waals surface area contributed by atoms with Crippen LogP contribution in [0.15, 0.2) is 59.5 Å². The first-order valence-electron chi connectivity index (χ1n) is 9.49. The highest BCUT2D eigenvalue weighted by molar-refractivity contribution is 7.89. The van der Waals surface area contributed by atoms with Crippen molar-refractivity contribution in [2.24, 2.45) is 0 Å². The number of hydrogen-bond acceptors (Lipinski definition) is 3. The summed E-state index contributed by atoms with van der Waals surface area (Å²) >= 11 is 0. The van der Waals surface area contributed by atoms with Crippen molar-refractivity contribution in [2.75, 3.05) is 19.6 Å². The lowest BCUT2D eigenvalue weighted by Gasteiger charge is -2.41. The maximum atomic E-state index is 13.4. The second-order valence-electron chi connectivity index (χ2n) is 7.27. The zero-order chi connectivity index (χ0) is 18.1. The zero-order valence-electron chi connectivity index (χ0n) is 15.2. The van der Waals surface area contributed by atoms with E-state index in [0.29, 0.717) is 17.5 Å². The molecule has 2 fully saturated rings. The fraction of sp³-hybridized carbons (Fsp3) is 0.429. The van der Waals surface area contributed by atoms with E-state index >= 15 is 0 Å². The van der Waals surface area contributed by atoms with Crippen LogP contribution in [0.5, 0.6) is 0 Å². The third kappa shape index (κ3) is 3.43. The Bertz CT molecular complexity index is 845. The monoisotopic (exact) mass is 370 g/mol. The van der Waals surface area contributed by atoms with Gasteiger partial charge in [0, 0.05) is 25.7 Å². The second kappa shape index (κ2) is 7.14. The molecule has 1 aliphatic heterocycles. The van der Waals surface area contributed by atoms with Gasteiger partial charge in [-0.05, 0) is 42.5 Å². The van der Waals surface area contributed by atoms with Crippen LogP contribution < -0.4 is 0 Å². The highest BCUT2D eigenvalue weighted by Crippen LogP contribution is 2.36. The number of nitrogens with zero attached hydrogens (tertiary/aromatic N) is 2. The van der Waals surface area contributed by atoms with Crippen molar-refractivity contribution in [1.29, 1.82) is 0 Å². The summed E-state index contributed by atoms with van der Waals surface area (Å²) in [5.74, 6) is 0. The molecule has 26 heavy (non-hydrogen) atoms. The number of benzene rings is 2. The quantitative estimate of drug-likeness (QED) is 0.809. The molecule has 0 amide bonds. The fourth-order valence-corrected chi connectivity index (χ4v) is 5.42. The van der Waals surface area contributed by atoms with Gasteiger partial charge in [0.05, 0.1) is 10.9 Å². The molecule has 2 aliphatic rings. The van der Waals surface area contributed by atoms with Gasteiger partial charge in [0.15, 0.2) is 0 Å². The summed E-state index contributed by atoms with van der Waals surface area (Å²) in [6, 6.07) is 17.9. The van der Waals surface area contributed by atoms with E-state index in [9.17, 15) is 8.42 Å². The van der Waals surface area contributed by atoms with E-state index in [1.807, 2.05) is 42.5 Å². The minimum atomic E-state index is -3.51. The van der Waals surface area contributed by atoms with Crippen LogP contribution in [-0.2, 0) is 16.4 Å². The van der Waals surface area contributed by atoms with Gasteiger partial charge < -0.3 is 0 Å². The maximum Gasteiger partial charge on any atom is 0.243 e. The molecule has 4 nitrogen and oxygen atoms in total. The molecule has 0 spiro atoms. The molecule has 1 saturated carbocycles. The Labute approximate surface area is 156 Å². The van der Waals surface area contributed by atoms with Gasteiger partial charge in [0.1, 0.15) is 0 Å². The molecule has 2 aromatic carbocycles. The van der Waals surface area contributed by atoms with Crippen LogP contribution in [0.1, 0.15) is 36.9 Å². The predicted molar refractivity (Wildman–Crippen MR) is 103 cm³/mol. The Hall–Kier alpha value is -1.69. The summed E-state index contributed by atoms with van der Waals surface area (Å²) in [6.07, 6.45) is 3.40. The van der Waals surface area contributed by atoms with Crippen LogP contribution in [0.4, 0.5) is 0 Å². The van der Waals surface area contributed by atoms with Crippen LogP contribution in [0.2, 0.25) is 0 Å².